The highest BCUT2D eigenvalue weighted by Gasteiger charge is 2.23. The summed E-state index contributed by atoms with van der Waals surface area (Å²) in [6.07, 6.45) is 79.3. The lowest BCUT2D eigenvalue weighted by atomic mass is 10.0. The molecule has 3 atom stereocenters. The average molecular weight is 1100 g/mol. The van der Waals surface area contributed by atoms with Crippen molar-refractivity contribution in [1.82, 2.24) is 5.32 Å². The Balaban J connectivity index is 4.11. The number of nitrogens with zero attached hydrogens (tertiary/aromatic N) is 1. The van der Waals surface area contributed by atoms with E-state index in [1.54, 1.807) is 6.08 Å². The van der Waals surface area contributed by atoms with Gasteiger partial charge in [-0.1, -0.05) is 313 Å². The fraction of sp³-hybridized carbons (Fsp3) is 0.868. The van der Waals surface area contributed by atoms with Crippen molar-refractivity contribution in [3.8, 4) is 0 Å². The lowest BCUT2D eigenvalue weighted by Crippen LogP contribution is -2.45. The number of hydrogen-bond acceptors (Lipinski definition) is 6. The van der Waals surface area contributed by atoms with E-state index in [-0.39, 0.29) is 19.1 Å². The third-order valence-electron chi connectivity index (χ3n) is 15.3. The lowest BCUT2D eigenvalue weighted by molar-refractivity contribution is -0.870. The van der Waals surface area contributed by atoms with Gasteiger partial charge in [0.1, 0.15) is 13.2 Å². The maximum atomic E-state index is 13.0. The summed E-state index contributed by atoms with van der Waals surface area (Å²) in [6, 6.07) is -0.890. The van der Waals surface area contributed by atoms with E-state index in [1.165, 1.54) is 257 Å². The van der Waals surface area contributed by atoms with Gasteiger partial charge in [-0.3, -0.25) is 9.36 Å². The second-order valence-electron chi connectivity index (χ2n) is 24.2. The van der Waals surface area contributed by atoms with Crippen LogP contribution < -0.4 is 10.2 Å². The van der Waals surface area contributed by atoms with Crippen LogP contribution in [0, 0.1) is 0 Å². The molecule has 3 unspecified atom stereocenters. The van der Waals surface area contributed by atoms with Crippen LogP contribution >= 0.6 is 7.82 Å². The first-order valence-electron chi connectivity index (χ1n) is 33.5. The summed E-state index contributed by atoms with van der Waals surface area (Å²) in [5.74, 6) is -0.196. The number of quaternary nitrogens is 1. The zero-order valence-electron chi connectivity index (χ0n) is 51.9. The number of carbonyl (C=O) groups is 1. The number of hydrogen-bond donors (Lipinski definition) is 2. The molecule has 0 saturated heterocycles. The zero-order chi connectivity index (χ0) is 56.3. The second kappa shape index (κ2) is 59.1. The molecule has 9 heteroatoms. The van der Waals surface area contributed by atoms with E-state index < -0.39 is 20.0 Å². The number of aliphatic hydroxyl groups excluding tert-OH is 1. The third kappa shape index (κ3) is 61.9. The minimum Gasteiger partial charge on any atom is -0.756 e. The van der Waals surface area contributed by atoms with Gasteiger partial charge in [0.25, 0.3) is 7.82 Å². The molecule has 1 amide bonds. The second-order valence-corrected chi connectivity index (χ2v) is 25.6. The molecule has 0 fully saturated rings. The Morgan fingerprint density at radius 3 is 1.09 bits per heavy atom. The lowest BCUT2D eigenvalue weighted by Gasteiger charge is -2.29. The molecule has 77 heavy (non-hydrogen) atoms. The van der Waals surface area contributed by atoms with Crippen molar-refractivity contribution in [3.05, 3.63) is 48.6 Å². The molecule has 2 N–H and O–H groups in total. The molecule has 8 nitrogen and oxygen atoms in total. The SMILES string of the molecule is CCCCCCC/C=C\C/C=C\C/C=C\CCCCCCCCCCCCCCC(=O)NC(COP(=O)([O-])OCC[N+](C)(C)C)C(O)/C=C/CCCCCCCCCCCCCCCCCCCCCCCCCCCC. The molecule has 0 heterocycles. The van der Waals surface area contributed by atoms with E-state index >= 15 is 0 Å². The van der Waals surface area contributed by atoms with Crippen molar-refractivity contribution >= 4 is 13.7 Å². The number of unbranched alkanes of at least 4 members (excludes halogenated alkanes) is 43. The molecule has 454 valence electrons. The summed E-state index contributed by atoms with van der Waals surface area (Å²) in [6.45, 7) is 4.68. The molecular formula is C68H131N2O6P. The van der Waals surface area contributed by atoms with Crippen molar-refractivity contribution in [2.45, 2.75) is 341 Å². The predicted octanol–water partition coefficient (Wildman–Crippen LogP) is 20.4. The Bertz CT molecular complexity index is 1390. The van der Waals surface area contributed by atoms with Gasteiger partial charge in [0, 0.05) is 6.42 Å². The number of amides is 1. The van der Waals surface area contributed by atoms with Crippen LogP contribution in [0.25, 0.3) is 0 Å². The largest absolute Gasteiger partial charge is 0.756 e. The molecule has 0 rings (SSSR count). The Labute approximate surface area is 479 Å². The van der Waals surface area contributed by atoms with Gasteiger partial charge in [-0.2, -0.15) is 0 Å². The first-order valence-corrected chi connectivity index (χ1v) is 35.0. The van der Waals surface area contributed by atoms with Gasteiger partial charge in [0.15, 0.2) is 0 Å². The van der Waals surface area contributed by atoms with E-state index in [0.29, 0.717) is 17.4 Å². The highest BCUT2D eigenvalue weighted by atomic mass is 31.2. The van der Waals surface area contributed by atoms with Gasteiger partial charge in [-0.05, 0) is 57.8 Å². The number of phosphoric ester groups is 1. The Morgan fingerprint density at radius 1 is 0.455 bits per heavy atom. The van der Waals surface area contributed by atoms with Crippen molar-refractivity contribution in [2.75, 3.05) is 40.9 Å². The number of aliphatic hydroxyl groups is 1. The van der Waals surface area contributed by atoms with Gasteiger partial charge >= 0.3 is 0 Å². The molecule has 0 aliphatic carbocycles. The van der Waals surface area contributed by atoms with Gasteiger partial charge in [0.2, 0.25) is 5.91 Å². The van der Waals surface area contributed by atoms with Crippen molar-refractivity contribution in [2.24, 2.45) is 0 Å². The molecule has 0 bridgehead atoms. The molecular weight excluding hydrogens is 972 g/mol. The minimum atomic E-state index is -4.60. The van der Waals surface area contributed by atoms with Crippen LogP contribution in [0.1, 0.15) is 328 Å². The van der Waals surface area contributed by atoms with Crippen LogP contribution in [0.4, 0.5) is 0 Å². The fourth-order valence-electron chi connectivity index (χ4n) is 10.0. The summed E-state index contributed by atoms with van der Waals surface area (Å²) in [5.41, 5.74) is 0. The van der Waals surface area contributed by atoms with E-state index in [2.05, 4.69) is 55.6 Å². The van der Waals surface area contributed by atoms with Gasteiger partial charge in [0.05, 0.1) is 39.9 Å². The number of allylic oxidation sites excluding steroid dienone is 7. The van der Waals surface area contributed by atoms with E-state index in [4.69, 9.17) is 9.05 Å². The zero-order valence-corrected chi connectivity index (χ0v) is 52.8. The average Bonchev–Trinajstić information content (AvgIpc) is 3.39. The predicted molar refractivity (Wildman–Crippen MR) is 334 cm³/mol. The smallest absolute Gasteiger partial charge is 0.268 e. The molecule has 0 aliphatic heterocycles. The topological polar surface area (TPSA) is 108 Å². The summed E-state index contributed by atoms with van der Waals surface area (Å²) in [5, 5.41) is 14.0. The fourth-order valence-corrected chi connectivity index (χ4v) is 10.8. The van der Waals surface area contributed by atoms with Crippen LogP contribution in [0.2, 0.25) is 0 Å². The van der Waals surface area contributed by atoms with Crippen LogP contribution in [-0.4, -0.2) is 68.5 Å². The molecule has 0 aromatic heterocycles. The Kier molecular flexibility index (Phi) is 57.9. The van der Waals surface area contributed by atoms with Crippen LogP contribution in [0.15, 0.2) is 48.6 Å². The molecule has 0 spiro atoms. The standard InChI is InChI=1S/C68H131N2O6P/c1-6-8-10-12-14-16-18-20-22-24-26-28-30-32-34-36-37-39-41-43-45-47-49-51-53-55-57-59-61-67(71)66(65-76-77(73,74)75-64-63-70(3,4)5)69-68(72)62-60-58-56-54-52-50-48-46-44-42-40-38-35-33-31-29-27-25-23-21-19-17-15-13-11-9-7-2/h19,21,25,27,31,33,59,61,66-67,71H,6-18,20,22-24,26,28-30,32,34-58,60,62-65H2,1-5H3,(H-,69,72,73,74)/b21-19-,27-25-,33-31-,61-59+. The van der Waals surface area contributed by atoms with E-state index in [9.17, 15) is 19.4 Å². The first kappa shape index (κ1) is 75.5. The molecule has 0 saturated carbocycles. The Morgan fingerprint density at radius 2 is 0.753 bits per heavy atom. The number of rotatable bonds is 62. The summed E-state index contributed by atoms with van der Waals surface area (Å²) < 4.78 is 23.4. The highest BCUT2D eigenvalue weighted by Crippen LogP contribution is 2.38. The maximum Gasteiger partial charge on any atom is 0.268 e. The van der Waals surface area contributed by atoms with E-state index in [1.807, 2.05) is 27.2 Å². The van der Waals surface area contributed by atoms with Crippen LogP contribution in [0.3, 0.4) is 0 Å². The first-order chi connectivity index (χ1) is 37.5. The molecule has 0 aromatic rings. The van der Waals surface area contributed by atoms with Crippen molar-refractivity contribution < 1.29 is 32.9 Å². The van der Waals surface area contributed by atoms with E-state index in [0.717, 1.165) is 51.4 Å². The Hall–Kier alpha value is -1.54. The quantitative estimate of drug-likeness (QED) is 0.0272. The summed E-state index contributed by atoms with van der Waals surface area (Å²) >= 11 is 0. The highest BCUT2D eigenvalue weighted by molar-refractivity contribution is 7.45. The normalized spacial score (nSPS) is 14.0. The summed E-state index contributed by atoms with van der Waals surface area (Å²) in [4.78, 5) is 25.6. The van der Waals surface area contributed by atoms with Gasteiger partial charge in [-0.15, -0.1) is 0 Å². The third-order valence-corrected chi connectivity index (χ3v) is 16.2. The number of nitrogens with one attached hydrogen (secondary N) is 1. The summed E-state index contributed by atoms with van der Waals surface area (Å²) in [7, 11) is 1.27. The van der Waals surface area contributed by atoms with Crippen LogP contribution in [-0.2, 0) is 18.4 Å². The number of phosphoric acid groups is 1. The van der Waals surface area contributed by atoms with Gasteiger partial charge < -0.3 is 28.8 Å². The number of carbonyl (C=O) groups excluding carboxylic acids is 1. The van der Waals surface area contributed by atoms with Crippen molar-refractivity contribution in [3.63, 3.8) is 0 Å². The molecule has 0 aromatic carbocycles. The van der Waals surface area contributed by atoms with Crippen LogP contribution in [0.5, 0.6) is 0 Å². The number of likely N-dealkylation sites (N-methyl/N-ethyl adjacent to an activating group) is 1. The van der Waals surface area contributed by atoms with Gasteiger partial charge in [-0.25, -0.2) is 0 Å². The minimum absolute atomic E-state index is 0.00139. The maximum absolute atomic E-state index is 13.0. The molecule has 0 radical (unpaired) electrons. The molecule has 0 aliphatic rings. The monoisotopic (exact) mass is 1100 g/mol. The van der Waals surface area contributed by atoms with Crippen molar-refractivity contribution in [1.29, 1.82) is 0 Å².